The Morgan fingerprint density at radius 1 is 0.903 bits per heavy atom. The number of nitrogens with zero attached hydrogens (tertiary/aromatic N) is 2. The maximum atomic E-state index is 12.9. The third-order valence-corrected chi connectivity index (χ3v) is 5.74. The maximum Gasteiger partial charge on any atom is 0.245 e. The topological polar surface area (TPSA) is 61.8 Å². The normalized spacial score (nSPS) is 15.6. The van der Waals surface area contributed by atoms with Crippen molar-refractivity contribution >= 4 is 23.2 Å². The average Bonchev–Trinajstić information content (AvgIpc) is 3.18. The first kappa shape index (κ1) is 20.5. The van der Waals surface area contributed by atoms with Gasteiger partial charge in [0.2, 0.25) is 11.8 Å². The van der Waals surface area contributed by atoms with Gasteiger partial charge < -0.3 is 4.90 Å². The van der Waals surface area contributed by atoms with Gasteiger partial charge in [-0.25, -0.2) is 5.43 Å². The van der Waals surface area contributed by atoms with E-state index in [1.54, 1.807) is 4.90 Å². The van der Waals surface area contributed by atoms with Gasteiger partial charge in [-0.3, -0.25) is 9.59 Å². The summed E-state index contributed by atoms with van der Waals surface area (Å²) in [5.41, 5.74) is 8.27. The summed E-state index contributed by atoms with van der Waals surface area (Å²) in [5.74, 6) is -0.723. The Morgan fingerprint density at radius 3 is 2.13 bits per heavy atom. The number of amides is 2. The van der Waals surface area contributed by atoms with Crippen molar-refractivity contribution in [3.63, 3.8) is 0 Å². The second kappa shape index (κ2) is 8.96. The standard InChI is InChI=1S/C26H25N3O2/c1-18-10-9-15-23(19(18)2)29-17-22(16-24(29)30)26(31)28-27-25(20-11-5-3-6-12-20)21-13-7-4-8-14-21/h3-15,22H,16-17H2,1-2H3,(H,28,31). The number of carbonyl (C=O) groups excluding carboxylic acids is 2. The summed E-state index contributed by atoms with van der Waals surface area (Å²) < 4.78 is 0. The first-order valence-corrected chi connectivity index (χ1v) is 10.4. The van der Waals surface area contributed by atoms with Crippen LogP contribution in [0.15, 0.2) is 84.0 Å². The van der Waals surface area contributed by atoms with E-state index in [0.717, 1.165) is 27.9 Å². The Kier molecular flexibility index (Phi) is 5.94. The summed E-state index contributed by atoms with van der Waals surface area (Å²) in [4.78, 5) is 27.2. The molecule has 0 spiro atoms. The third kappa shape index (κ3) is 4.40. The quantitative estimate of drug-likeness (QED) is 0.505. The Morgan fingerprint density at radius 2 is 1.52 bits per heavy atom. The number of anilines is 1. The van der Waals surface area contributed by atoms with E-state index in [0.29, 0.717) is 12.3 Å². The summed E-state index contributed by atoms with van der Waals surface area (Å²) in [6, 6.07) is 25.4. The highest BCUT2D eigenvalue weighted by Crippen LogP contribution is 2.29. The van der Waals surface area contributed by atoms with E-state index in [4.69, 9.17) is 0 Å². The van der Waals surface area contributed by atoms with E-state index in [9.17, 15) is 9.59 Å². The van der Waals surface area contributed by atoms with Crippen LogP contribution in [0.25, 0.3) is 0 Å². The maximum absolute atomic E-state index is 12.9. The highest BCUT2D eigenvalue weighted by atomic mass is 16.2. The highest BCUT2D eigenvalue weighted by Gasteiger charge is 2.35. The second-order valence-electron chi connectivity index (χ2n) is 7.79. The fourth-order valence-electron chi connectivity index (χ4n) is 3.83. The molecular formula is C26H25N3O2. The zero-order valence-electron chi connectivity index (χ0n) is 17.7. The first-order chi connectivity index (χ1) is 15.0. The van der Waals surface area contributed by atoms with Gasteiger partial charge in [0.25, 0.3) is 0 Å². The number of hydrazone groups is 1. The molecule has 0 bridgehead atoms. The van der Waals surface area contributed by atoms with Gasteiger partial charge in [-0.1, -0.05) is 72.8 Å². The molecule has 5 nitrogen and oxygen atoms in total. The number of benzene rings is 3. The lowest BCUT2D eigenvalue weighted by atomic mass is 10.0. The SMILES string of the molecule is Cc1cccc(N2CC(C(=O)NN=C(c3ccccc3)c3ccccc3)CC2=O)c1C. The summed E-state index contributed by atoms with van der Waals surface area (Å²) in [7, 11) is 0. The van der Waals surface area contributed by atoms with Gasteiger partial charge in [-0.2, -0.15) is 5.10 Å². The Hall–Kier alpha value is -3.73. The summed E-state index contributed by atoms with van der Waals surface area (Å²) in [6.07, 6.45) is 0.181. The van der Waals surface area contributed by atoms with Gasteiger partial charge in [0.15, 0.2) is 0 Å². The predicted molar refractivity (Wildman–Crippen MR) is 123 cm³/mol. The van der Waals surface area contributed by atoms with Crippen molar-refractivity contribution in [1.29, 1.82) is 0 Å². The monoisotopic (exact) mass is 411 g/mol. The Bertz CT molecular complexity index is 1080. The molecule has 1 atom stereocenters. The average molecular weight is 412 g/mol. The van der Waals surface area contributed by atoms with E-state index in [1.165, 1.54) is 0 Å². The van der Waals surface area contributed by atoms with Crippen LogP contribution < -0.4 is 10.3 Å². The zero-order valence-corrected chi connectivity index (χ0v) is 17.7. The molecule has 156 valence electrons. The summed E-state index contributed by atoms with van der Waals surface area (Å²) >= 11 is 0. The zero-order chi connectivity index (χ0) is 21.8. The molecule has 4 rings (SSSR count). The van der Waals surface area contributed by atoms with Crippen molar-refractivity contribution in [3.8, 4) is 0 Å². The Labute approximate surface area is 182 Å². The van der Waals surface area contributed by atoms with Gasteiger partial charge in [0.1, 0.15) is 0 Å². The van der Waals surface area contributed by atoms with Crippen LogP contribution >= 0.6 is 0 Å². The number of aryl methyl sites for hydroxylation is 1. The van der Waals surface area contributed by atoms with Crippen molar-refractivity contribution in [1.82, 2.24) is 5.43 Å². The lowest BCUT2D eigenvalue weighted by Crippen LogP contribution is -2.31. The van der Waals surface area contributed by atoms with Crippen molar-refractivity contribution < 1.29 is 9.59 Å². The molecule has 0 aromatic heterocycles. The molecule has 0 aliphatic carbocycles. The molecule has 1 aliphatic heterocycles. The minimum absolute atomic E-state index is 0.0378. The molecule has 2 amide bonds. The van der Waals surface area contributed by atoms with Crippen LogP contribution in [0.2, 0.25) is 0 Å². The van der Waals surface area contributed by atoms with Crippen LogP contribution in [-0.2, 0) is 9.59 Å². The highest BCUT2D eigenvalue weighted by molar-refractivity contribution is 6.13. The largest absolute Gasteiger partial charge is 0.311 e. The fraction of sp³-hybridized carbons (Fsp3) is 0.192. The molecule has 1 saturated heterocycles. The summed E-state index contributed by atoms with van der Waals surface area (Å²) in [5, 5.41) is 4.45. The molecule has 3 aromatic rings. The molecular weight excluding hydrogens is 386 g/mol. The molecule has 1 heterocycles. The van der Waals surface area contributed by atoms with Crippen LogP contribution in [0.4, 0.5) is 5.69 Å². The molecule has 1 fully saturated rings. The number of hydrogen-bond acceptors (Lipinski definition) is 3. The van der Waals surface area contributed by atoms with Gasteiger partial charge in [-0.15, -0.1) is 0 Å². The van der Waals surface area contributed by atoms with E-state index in [2.05, 4.69) is 10.5 Å². The van der Waals surface area contributed by atoms with Crippen molar-refractivity contribution in [3.05, 3.63) is 101 Å². The van der Waals surface area contributed by atoms with Crippen LogP contribution in [0, 0.1) is 19.8 Å². The van der Waals surface area contributed by atoms with Gasteiger partial charge in [0.05, 0.1) is 11.6 Å². The minimum Gasteiger partial charge on any atom is -0.311 e. The minimum atomic E-state index is -0.441. The van der Waals surface area contributed by atoms with Crippen molar-refractivity contribution in [2.75, 3.05) is 11.4 Å². The molecule has 1 aliphatic rings. The van der Waals surface area contributed by atoms with Crippen LogP contribution in [0.5, 0.6) is 0 Å². The molecule has 31 heavy (non-hydrogen) atoms. The molecule has 5 heteroatoms. The number of carbonyl (C=O) groups is 2. The van der Waals surface area contributed by atoms with E-state index in [-0.39, 0.29) is 18.2 Å². The molecule has 0 radical (unpaired) electrons. The van der Waals surface area contributed by atoms with Crippen molar-refractivity contribution in [2.45, 2.75) is 20.3 Å². The molecule has 1 unspecified atom stereocenters. The molecule has 1 N–H and O–H groups in total. The van der Waals surface area contributed by atoms with Gasteiger partial charge in [-0.05, 0) is 31.0 Å². The van der Waals surface area contributed by atoms with Gasteiger partial charge in [0, 0.05) is 29.8 Å². The van der Waals surface area contributed by atoms with E-state index >= 15 is 0 Å². The van der Waals surface area contributed by atoms with Crippen molar-refractivity contribution in [2.24, 2.45) is 11.0 Å². The van der Waals surface area contributed by atoms with Crippen LogP contribution in [-0.4, -0.2) is 24.1 Å². The summed E-state index contributed by atoms with van der Waals surface area (Å²) in [6.45, 7) is 4.38. The number of hydrogen-bond donors (Lipinski definition) is 1. The fourth-order valence-corrected chi connectivity index (χ4v) is 3.83. The van der Waals surface area contributed by atoms with Crippen LogP contribution in [0.1, 0.15) is 28.7 Å². The van der Waals surface area contributed by atoms with E-state index < -0.39 is 5.92 Å². The van der Waals surface area contributed by atoms with E-state index in [1.807, 2.05) is 92.7 Å². The second-order valence-corrected chi connectivity index (χ2v) is 7.79. The molecule has 3 aromatic carbocycles. The number of nitrogens with one attached hydrogen (secondary N) is 1. The lowest BCUT2D eigenvalue weighted by molar-refractivity contribution is -0.126. The van der Waals surface area contributed by atoms with Gasteiger partial charge >= 0.3 is 0 Å². The molecule has 0 saturated carbocycles. The Balaban J connectivity index is 1.54. The number of rotatable bonds is 5. The third-order valence-electron chi connectivity index (χ3n) is 5.74. The smallest absolute Gasteiger partial charge is 0.245 e. The lowest BCUT2D eigenvalue weighted by Gasteiger charge is -2.20. The van der Waals surface area contributed by atoms with Crippen LogP contribution in [0.3, 0.4) is 0 Å². The first-order valence-electron chi connectivity index (χ1n) is 10.4. The predicted octanol–water partition coefficient (Wildman–Crippen LogP) is 4.23.